The number of likely N-dealkylation sites (N-methyl/N-ethyl adjacent to an activating group) is 1. The third kappa shape index (κ3) is 5.74. The number of carbonyl (C=O) groups is 3. The third-order valence-corrected chi connectivity index (χ3v) is 4.02. The summed E-state index contributed by atoms with van der Waals surface area (Å²) in [6.45, 7) is 3.20. The fraction of sp³-hybridized carbons (Fsp3) is 0.278. The highest BCUT2D eigenvalue weighted by Gasteiger charge is 2.19. The van der Waals surface area contributed by atoms with Gasteiger partial charge in [-0.1, -0.05) is 23.2 Å². The Kier molecular flexibility index (Phi) is 7.27. The number of esters is 1. The maximum absolute atomic E-state index is 12.0. The van der Waals surface area contributed by atoms with Crippen molar-refractivity contribution in [2.24, 2.45) is 0 Å². The van der Waals surface area contributed by atoms with Crippen molar-refractivity contribution in [3.63, 3.8) is 0 Å². The average Bonchev–Trinajstić information content (AvgIpc) is 3.11. The minimum atomic E-state index is -0.819. The number of benzene rings is 1. The summed E-state index contributed by atoms with van der Waals surface area (Å²) >= 11 is 12.0. The zero-order chi connectivity index (χ0) is 20.0. The number of carbonyl (C=O) groups excluding carboxylic acids is 3. The molecule has 2 aromatic rings. The smallest absolute Gasteiger partial charge is 0.374 e. The summed E-state index contributed by atoms with van der Waals surface area (Å²) in [4.78, 5) is 35.4. The van der Waals surface area contributed by atoms with E-state index < -0.39 is 24.5 Å². The lowest BCUT2D eigenvalue weighted by Gasteiger charge is -2.13. The molecular weight excluding hydrogens is 395 g/mol. The molecule has 1 aromatic heterocycles. The Bertz CT molecular complexity index is 850. The van der Waals surface area contributed by atoms with Crippen LogP contribution in [0.3, 0.4) is 0 Å². The minimum Gasteiger partial charge on any atom is -0.450 e. The number of halogens is 2. The first kappa shape index (κ1) is 20.8. The average molecular weight is 413 g/mol. The molecule has 2 amide bonds. The monoisotopic (exact) mass is 412 g/mol. The molecule has 0 aliphatic carbocycles. The number of amides is 2. The van der Waals surface area contributed by atoms with Gasteiger partial charge in [-0.05, 0) is 44.2 Å². The number of nitrogens with one attached hydrogen (secondary N) is 2. The SMILES string of the molecule is CCNC(=O)[C@@H](C)NC(=O)COC(=O)c1ccc(-c2cc(Cl)ccc2Cl)o1. The van der Waals surface area contributed by atoms with Gasteiger partial charge >= 0.3 is 5.97 Å². The molecule has 0 aliphatic rings. The normalized spacial score (nSPS) is 11.6. The number of rotatable bonds is 7. The highest BCUT2D eigenvalue weighted by molar-refractivity contribution is 6.35. The lowest BCUT2D eigenvalue weighted by Crippen LogP contribution is -2.46. The van der Waals surface area contributed by atoms with Gasteiger partial charge in [0.2, 0.25) is 11.7 Å². The van der Waals surface area contributed by atoms with Crippen LogP contribution in [0.4, 0.5) is 0 Å². The van der Waals surface area contributed by atoms with E-state index in [0.29, 0.717) is 27.9 Å². The molecule has 9 heteroatoms. The topological polar surface area (TPSA) is 97.6 Å². The molecule has 1 atom stereocenters. The summed E-state index contributed by atoms with van der Waals surface area (Å²) in [6, 6.07) is 7.06. The molecule has 0 saturated carbocycles. The predicted molar refractivity (Wildman–Crippen MR) is 101 cm³/mol. The summed E-state index contributed by atoms with van der Waals surface area (Å²) in [5.41, 5.74) is 0.525. The molecule has 144 valence electrons. The van der Waals surface area contributed by atoms with Crippen molar-refractivity contribution in [2.75, 3.05) is 13.2 Å². The fourth-order valence-electron chi connectivity index (χ4n) is 2.16. The van der Waals surface area contributed by atoms with Crippen LogP contribution < -0.4 is 10.6 Å². The minimum absolute atomic E-state index is 0.0920. The van der Waals surface area contributed by atoms with Gasteiger partial charge in [0.1, 0.15) is 11.8 Å². The van der Waals surface area contributed by atoms with Crippen LogP contribution in [0.2, 0.25) is 10.0 Å². The molecule has 0 fully saturated rings. The molecule has 27 heavy (non-hydrogen) atoms. The van der Waals surface area contributed by atoms with E-state index in [1.165, 1.54) is 13.0 Å². The van der Waals surface area contributed by atoms with E-state index in [-0.39, 0.29) is 11.7 Å². The molecule has 0 bridgehead atoms. The van der Waals surface area contributed by atoms with Crippen LogP contribution in [0.5, 0.6) is 0 Å². The lowest BCUT2D eigenvalue weighted by atomic mass is 10.2. The van der Waals surface area contributed by atoms with E-state index in [4.69, 9.17) is 32.4 Å². The summed E-state index contributed by atoms with van der Waals surface area (Å²) < 4.78 is 10.3. The van der Waals surface area contributed by atoms with Crippen molar-refractivity contribution < 1.29 is 23.5 Å². The van der Waals surface area contributed by atoms with Crippen molar-refractivity contribution in [3.05, 3.63) is 46.1 Å². The van der Waals surface area contributed by atoms with Crippen molar-refractivity contribution in [2.45, 2.75) is 19.9 Å². The van der Waals surface area contributed by atoms with Crippen LogP contribution in [0, 0.1) is 0 Å². The molecule has 2 N–H and O–H groups in total. The van der Waals surface area contributed by atoms with Gasteiger partial charge in [0.25, 0.3) is 5.91 Å². The zero-order valence-corrected chi connectivity index (χ0v) is 16.2. The first-order valence-electron chi connectivity index (χ1n) is 8.11. The second kappa shape index (κ2) is 9.43. The van der Waals surface area contributed by atoms with Crippen molar-refractivity contribution in [1.29, 1.82) is 0 Å². The van der Waals surface area contributed by atoms with Crippen LogP contribution in [0.25, 0.3) is 11.3 Å². The maximum atomic E-state index is 12.0. The van der Waals surface area contributed by atoms with Gasteiger partial charge in [0, 0.05) is 17.1 Å². The molecule has 1 aromatic carbocycles. The quantitative estimate of drug-likeness (QED) is 0.680. The van der Waals surface area contributed by atoms with Crippen molar-refractivity contribution >= 4 is 41.0 Å². The molecule has 0 aliphatic heterocycles. The molecule has 0 saturated heterocycles. The molecule has 0 spiro atoms. The first-order chi connectivity index (χ1) is 12.8. The van der Waals surface area contributed by atoms with Crippen molar-refractivity contribution in [3.8, 4) is 11.3 Å². The second-order valence-electron chi connectivity index (χ2n) is 5.55. The Hall–Kier alpha value is -2.51. The summed E-state index contributed by atoms with van der Waals surface area (Å²) in [7, 11) is 0. The fourth-order valence-corrected chi connectivity index (χ4v) is 2.54. The molecule has 7 nitrogen and oxygen atoms in total. The van der Waals surface area contributed by atoms with Crippen LogP contribution in [-0.4, -0.2) is 37.0 Å². The van der Waals surface area contributed by atoms with E-state index in [0.717, 1.165) is 0 Å². The molecule has 1 heterocycles. The van der Waals surface area contributed by atoms with E-state index in [1.807, 2.05) is 0 Å². The van der Waals surface area contributed by atoms with Gasteiger partial charge in [-0.25, -0.2) is 4.79 Å². The molecule has 2 rings (SSSR count). The van der Waals surface area contributed by atoms with E-state index in [2.05, 4.69) is 10.6 Å². The summed E-state index contributed by atoms with van der Waals surface area (Å²) in [5.74, 6) is -1.51. The van der Waals surface area contributed by atoms with Gasteiger partial charge in [-0.3, -0.25) is 9.59 Å². The Morgan fingerprint density at radius 3 is 2.63 bits per heavy atom. The van der Waals surface area contributed by atoms with E-state index >= 15 is 0 Å². The highest BCUT2D eigenvalue weighted by atomic mass is 35.5. The zero-order valence-electron chi connectivity index (χ0n) is 14.7. The first-order valence-corrected chi connectivity index (χ1v) is 8.86. The Morgan fingerprint density at radius 1 is 1.19 bits per heavy atom. The van der Waals surface area contributed by atoms with Gasteiger partial charge < -0.3 is 19.8 Å². The van der Waals surface area contributed by atoms with Crippen molar-refractivity contribution in [1.82, 2.24) is 10.6 Å². The molecular formula is C18H18Cl2N2O5. The summed E-state index contributed by atoms with van der Waals surface area (Å²) in [5, 5.41) is 5.87. The second-order valence-corrected chi connectivity index (χ2v) is 6.39. The molecule has 0 unspecified atom stereocenters. The number of ether oxygens (including phenoxy) is 1. The van der Waals surface area contributed by atoms with Crippen LogP contribution in [0.1, 0.15) is 24.4 Å². The number of hydrogen-bond donors (Lipinski definition) is 2. The molecule has 0 radical (unpaired) electrons. The Labute approximate surface area is 166 Å². The Balaban J connectivity index is 1.93. The predicted octanol–water partition coefficient (Wildman–Crippen LogP) is 3.05. The Morgan fingerprint density at radius 2 is 1.93 bits per heavy atom. The van der Waals surface area contributed by atoms with Crippen LogP contribution in [-0.2, 0) is 14.3 Å². The number of furan rings is 1. The maximum Gasteiger partial charge on any atom is 0.374 e. The number of hydrogen-bond acceptors (Lipinski definition) is 5. The third-order valence-electron chi connectivity index (χ3n) is 3.46. The van der Waals surface area contributed by atoms with E-state index in [1.54, 1.807) is 31.2 Å². The van der Waals surface area contributed by atoms with Gasteiger partial charge in [-0.15, -0.1) is 0 Å². The van der Waals surface area contributed by atoms with Gasteiger partial charge in [-0.2, -0.15) is 0 Å². The highest BCUT2D eigenvalue weighted by Crippen LogP contribution is 2.31. The lowest BCUT2D eigenvalue weighted by molar-refractivity contribution is -0.130. The van der Waals surface area contributed by atoms with Crippen LogP contribution in [0.15, 0.2) is 34.7 Å². The summed E-state index contributed by atoms with van der Waals surface area (Å²) in [6.07, 6.45) is 0. The van der Waals surface area contributed by atoms with Gasteiger partial charge in [0.15, 0.2) is 6.61 Å². The largest absolute Gasteiger partial charge is 0.450 e. The standard InChI is InChI=1S/C18H18Cl2N2O5/c1-3-21-17(24)10(2)22-16(23)9-26-18(25)15-7-6-14(27-15)12-8-11(19)4-5-13(12)20/h4-8,10H,3,9H2,1-2H3,(H,21,24)(H,22,23)/t10-/m1/s1. The van der Waals surface area contributed by atoms with Crippen LogP contribution >= 0.6 is 23.2 Å². The van der Waals surface area contributed by atoms with E-state index in [9.17, 15) is 14.4 Å². The van der Waals surface area contributed by atoms with Gasteiger partial charge in [0.05, 0.1) is 5.02 Å².